The van der Waals surface area contributed by atoms with Gasteiger partial charge in [-0.2, -0.15) is 0 Å². The summed E-state index contributed by atoms with van der Waals surface area (Å²) >= 11 is 5.86. The minimum atomic E-state index is 0.482. The Balaban J connectivity index is 2.08. The van der Waals surface area contributed by atoms with Gasteiger partial charge in [0.05, 0.1) is 11.4 Å². The maximum Gasteiger partial charge on any atom is 0.129 e. The summed E-state index contributed by atoms with van der Waals surface area (Å²) in [4.78, 5) is 4.26. The van der Waals surface area contributed by atoms with Crippen molar-refractivity contribution in [2.75, 3.05) is 11.9 Å². The van der Waals surface area contributed by atoms with Crippen molar-refractivity contribution in [3.8, 4) is 0 Å². The van der Waals surface area contributed by atoms with E-state index in [1.54, 1.807) is 0 Å². The number of nitrogens with one attached hydrogen (secondary N) is 1. The van der Waals surface area contributed by atoms with E-state index in [1.807, 2.05) is 19.1 Å². The van der Waals surface area contributed by atoms with Gasteiger partial charge in [-0.05, 0) is 44.4 Å². The number of nitrogens with zero attached hydrogens (tertiary/aromatic N) is 1. The molecule has 0 aromatic carbocycles. The molecule has 0 aliphatic heterocycles. The minimum Gasteiger partial charge on any atom is -0.381 e. The van der Waals surface area contributed by atoms with Crippen LogP contribution in [0.2, 0.25) is 5.15 Å². The van der Waals surface area contributed by atoms with E-state index in [0.29, 0.717) is 17.1 Å². The minimum absolute atomic E-state index is 0.482. The molecule has 1 saturated carbocycles. The van der Waals surface area contributed by atoms with Crippen molar-refractivity contribution in [3.05, 3.63) is 23.0 Å². The first-order valence-electron chi connectivity index (χ1n) is 6.30. The van der Waals surface area contributed by atoms with E-state index in [4.69, 9.17) is 17.3 Å². The van der Waals surface area contributed by atoms with Gasteiger partial charge in [-0.3, -0.25) is 0 Å². The molecule has 0 amide bonds. The number of rotatable bonds is 3. The molecule has 2 unspecified atom stereocenters. The Bertz CT molecular complexity index is 381. The fourth-order valence-corrected chi connectivity index (χ4v) is 2.75. The van der Waals surface area contributed by atoms with Crippen molar-refractivity contribution in [1.29, 1.82) is 0 Å². The average Bonchev–Trinajstić information content (AvgIpc) is 2.33. The standard InChI is InChI=1S/C13H20ClN3/c1-9-11(6-7-13(14)16-9)17-12-5-3-2-4-10(12)8-15/h6-7,10,12,17H,2-5,8,15H2,1H3. The normalized spacial score (nSPS) is 24.6. The molecule has 2 rings (SSSR count). The third-order valence-corrected chi connectivity index (χ3v) is 3.82. The fraction of sp³-hybridized carbons (Fsp3) is 0.615. The SMILES string of the molecule is Cc1nc(Cl)ccc1NC1CCCCC1CN. The Hall–Kier alpha value is -0.800. The van der Waals surface area contributed by atoms with Crippen LogP contribution in [0.4, 0.5) is 5.69 Å². The molecule has 1 heterocycles. The van der Waals surface area contributed by atoms with Crippen molar-refractivity contribution in [2.45, 2.75) is 38.6 Å². The van der Waals surface area contributed by atoms with Crippen LogP contribution in [0.25, 0.3) is 0 Å². The highest BCUT2D eigenvalue weighted by molar-refractivity contribution is 6.29. The summed E-state index contributed by atoms with van der Waals surface area (Å²) < 4.78 is 0. The second kappa shape index (κ2) is 5.69. The smallest absolute Gasteiger partial charge is 0.129 e. The highest BCUT2D eigenvalue weighted by Gasteiger charge is 2.24. The van der Waals surface area contributed by atoms with Crippen molar-refractivity contribution < 1.29 is 0 Å². The predicted molar refractivity (Wildman–Crippen MR) is 72.4 cm³/mol. The van der Waals surface area contributed by atoms with Crippen LogP contribution in [0.5, 0.6) is 0 Å². The van der Waals surface area contributed by atoms with Gasteiger partial charge in [0.25, 0.3) is 0 Å². The number of halogens is 1. The molecule has 94 valence electrons. The first-order chi connectivity index (χ1) is 8.20. The number of nitrogens with two attached hydrogens (primary N) is 1. The predicted octanol–water partition coefficient (Wildman–Crippen LogP) is 2.97. The Kier molecular flexibility index (Phi) is 4.24. The lowest BCUT2D eigenvalue weighted by Crippen LogP contribution is -2.36. The largest absolute Gasteiger partial charge is 0.381 e. The number of hydrogen-bond donors (Lipinski definition) is 2. The molecule has 3 nitrogen and oxygen atoms in total. The Morgan fingerprint density at radius 1 is 1.41 bits per heavy atom. The first kappa shape index (κ1) is 12.7. The van der Waals surface area contributed by atoms with Gasteiger partial charge in [-0.15, -0.1) is 0 Å². The van der Waals surface area contributed by atoms with E-state index in [1.165, 1.54) is 25.7 Å². The van der Waals surface area contributed by atoms with Gasteiger partial charge in [0.2, 0.25) is 0 Å². The summed E-state index contributed by atoms with van der Waals surface area (Å²) in [5, 5.41) is 4.12. The van der Waals surface area contributed by atoms with Crippen LogP contribution < -0.4 is 11.1 Å². The molecule has 17 heavy (non-hydrogen) atoms. The van der Waals surface area contributed by atoms with E-state index in [2.05, 4.69) is 10.3 Å². The molecule has 1 aromatic heterocycles. The maximum absolute atomic E-state index is 5.86. The molecule has 3 N–H and O–H groups in total. The quantitative estimate of drug-likeness (QED) is 0.815. The molecule has 1 aliphatic carbocycles. The van der Waals surface area contributed by atoms with Crippen molar-refractivity contribution in [1.82, 2.24) is 4.98 Å². The molecule has 0 saturated heterocycles. The summed E-state index contributed by atoms with van der Waals surface area (Å²) in [6.45, 7) is 2.74. The molecule has 0 spiro atoms. The molecule has 0 bridgehead atoms. The summed E-state index contributed by atoms with van der Waals surface area (Å²) in [5.74, 6) is 0.582. The van der Waals surface area contributed by atoms with Crippen molar-refractivity contribution in [2.24, 2.45) is 11.7 Å². The van der Waals surface area contributed by atoms with Crippen LogP contribution in [-0.2, 0) is 0 Å². The van der Waals surface area contributed by atoms with E-state index < -0.39 is 0 Å². The monoisotopic (exact) mass is 253 g/mol. The molecule has 1 aromatic rings. The van der Waals surface area contributed by atoms with Crippen molar-refractivity contribution >= 4 is 17.3 Å². The zero-order valence-corrected chi connectivity index (χ0v) is 11.0. The Labute approximate surface area is 108 Å². The van der Waals surface area contributed by atoms with Gasteiger partial charge < -0.3 is 11.1 Å². The van der Waals surface area contributed by atoms with Crippen LogP contribution in [0.15, 0.2) is 12.1 Å². The molecule has 0 radical (unpaired) electrons. The van der Waals surface area contributed by atoms with Gasteiger partial charge >= 0.3 is 0 Å². The summed E-state index contributed by atoms with van der Waals surface area (Å²) in [6, 6.07) is 4.32. The first-order valence-corrected chi connectivity index (χ1v) is 6.68. The highest BCUT2D eigenvalue weighted by atomic mass is 35.5. The molecule has 2 atom stereocenters. The topological polar surface area (TPSA) is 50.9 Å². The fourth-order valence-electron chi connectivity index (χ4n) is 2.56. The molecule has 1 aliphatic rings. The molecule has 1 fully saturated rings. The average molecular weight is 254 g/mol. The zero-order valence-electron chi connectivity index (χ0n) is 10.2. The highest BCUT2D eigenvalue weighted by Crippen LogP contribution is 2.27. The van der Waals surface area contributed by atoms with Gasteiger partial charge in [0, 0.05) is 6.04 Å². The van der Waals surface area contributed by atoms with E-state index in [0.717, 1.165) is 17.9 Å². The van der Waals surface area contributed by atoms with Crippen LogP contribution in [0.1, 0.15) is 31.4 Å². The number of aromatic nitrogens is 1. The van der Waals surface area contributed by atoms with Crippen molar-refractivity contribution in [3.63, 3.8) is 0 Å². The summed E-state index contributed by atoms with van der Waals surface area (Å²) in [7, 11) is 0. The zero-order chi connectivity index (χ0) is 12.3. The lowest BCUT2D eigenvalue weighted by molar-refractivity contribution is 0.332. The van der Waals surface area contributed by atoms with Crippen LogP contribution >= 0.6 is 11.6 Å². The summed E-state index contributed by atoms with van der Waals surface area (Å²) in [6.07, 6.45) is 5.02. The molecular weight excluding hydrogens is 234 g/mol. The lowest BCUT2D eigenvalue weighted by atomic mass is 9.84. The second-order valence-electron chi connectivity index (χ2n) is 4.80. The van der Waals surface area contributed by atoms with Gasteiger partial charge in [-0.25, -0.2) is 4.98 Å². The van der Waals surface area contributed by atoms with Gasteiger partial charge in [-0.1, -0.05) is 24.4 Å². The third-order valence-electron chi connectivity index (χ3n) is 3.60. The number of hydrogen-bond acceptors (Lipinski definition) is 3. The third kappa shape index (κ3) is 3.11. The van der Waals surface area contributed by atoms with Gasteiger partial charge in [0.15, 0.2) is 0 Å². The van der Waals surface area contributed by atoms with E-state index >= 15 is 0 Å². The van der Waals surface area contributed by atoms with Gasteiger partial charge in [0.1, 0.15) is 5.15 Å². The number of pyridine rings is 1. The van der Waals surface area contributed by atoms with E-state index in [9.17, 15) is 0 Å². The van der Waals surface area contributed by atoms with Crippen LogP contribution in [0.3, 0.4) is 0 Å². The van der Waals surface area contributed by atoms with E-state index in [-0.39, 0.29) is 0 Å². The Morgan fingerprint density at radius 3 is 2.88 bits per heavy atom. The van der Waals surface area contributed by atoms with Crippen LogP contribution in [-0.4, -0.2) is 17.6 Å². The molecule has 4 heteroatoms. The maximum atomic E-state index is 5.86. The second-order valence-corrected chi connectivity index (χ2v) is 5.19. The summed E-state index contributed by atoms with van der Waals surface area (Å²) in [5.41, 5.74) is 7.87. The Morgan fingerprint density at radius 2 is 2.18 bits per heavy atom. The number of anilines is 1. The molecular formula is C13H20ClN3. The lowest BCUT2D eigenvalue weighted by Gasteiger charge is -2.32. The van der Waals surface area contributed by atoms with Crippen LogP contribution in [0, 0.1) is 12.8 Å². The number of aryl methyl sites for hydroxylation is 1.